The summed E-state index contributed by atoms with van der Waals surface area (Å²) in [6, 6.07) is 0. The van der Waals surface area contributed by atoms with E-state index in [4.69, 9.17) is 0 Å². The van der Waals surface area contributed by atoms with Crippen LogP contribution in [-0.2, 0) is 0 Å². The average molecular weight is 316 g/mol. The minimum Gasteiger partial charge on any atom is -0.0937 e. The maximum Gasteiger partial charge on any atom is -0.0161 e. The molecule has 1 aliphatic heterocycles. The zero-order valence-electron chi connectivity index (χ0n) is 9.58. The van der Waals surface area contributed by atoms with Crippen molar-refractivity contribution < 1.29 is 0 Å². The van der Waals surface area contributed by atoms with Crippen LogP contribution in [0.2, 0.25) is 0 Å². The van der Waals surface area contributed by atoms with Gasteiger partial charge in [0.25, 0.3) is 0 Å². The van der Waals surface area contributed by atoms with E-state index in [1.165, 1.54) is 38.5 Å². The first kappa shape index (κ1) is 11.6. The molecule has 0 aromatic rings. The van der Waals surface area contributed by atoms with E-state index >= 15 is 0 Å². The standard InChI is InChI=1S/C14H21I/c1-2-3-12-4-6-13(7-5-12)14-8-10-15-11-9-14/h8-13H,2-7H2,1H3. The van der Waals surface area contributed by atoms with Gasteiger partial charge in [0, 0.05) is 0 Å². The van der Waals surface area contributed by atoms with E-state index < -0.39 is 0 Å². The zero-order chi connectivity index (χ0) is 10.5. The number of allylic oxidation sites excluding steroid dienone is 3. The molecule has 15 heavy (non-hydrogen) atoms. The lowest BCUT2D eigenvalue weighted by molar-refractivity contribution is 0.289. The molecule has 0 spiro atoms. The van der Waals surface area contributed by atoms with Crippen LogP contribution in [0.25, 0.3) is 0 Å². The highest BCUT2D eigenvalue weighted by molar-refractivity contribution is 14.2. The Balaban J connectivity index is 1.85. The van der Waals surface area contributed by atoms with Gasteiger partial charge < -0.3 is 0 Å². The Bertz CT molecular complexity index is 278. The zero-order valence-corrected chi connectivity index (χ0v) is 11.7. The molecular formula is C14H21I. The minimum absolute atomic E-state index is 0.268. The summed E-state index contributed by atoms with van der Waals surface area (Å²) in [4.78, 5) is 0. The van der Waals surface area contributed by atoms with Crippen LogP contribution in [0.15, 0.2) is 21.8 Å². The van der Waals surface area contributed by atoms with Crippen LogP contribution < -0.4 is 0 Å². The monoisotopic (exact) mass is 316 g/mol. The molecule has 0 amide bonds. The predicted molar refractivity (Wildman–Crippen MR) is 77.7 cm³/mol. The van der Waals surface area contributed by atoms with Crippen LogP contribution in [-0.4, -0.2) is 4.01 Å². The molecule has 1 saturated carbocycles. The minimum atomic E-state index is 0.268. The van der Waals surface area contributed by atoms with Crippen LogP contribution in [0, 0.1) is 11.8 Å². The predicted octanol–water partition coefficient (Wildman–Crippen LogP) is 4.82. The molecule has 0 bridgehead atoms. The second kappa shape index (κ2) is 5.97. The van der Waals surface area contributed by atoms with Gasteiger partial charge in [0.1, 0.15) is 0 Å². The van der Waals surface area contributed by atoms with Crippen LogP contribution in [0.4, 0.5) is 0 Å². The van der Waals surface area contributed by atoms with Gasteiger partial charge in [-0.05, 0) is 51.2 Å². The molecule has 0 atom stereocenters. The van der Waals surface area contributed by atoms with Gasteiger partial charge in [0.05, 0.1) is 0 Å². The lowest BCUT2D eigenvalue weighted by Crippen LogP contribution is -2.15. The summed E-state index contributed by atoms with van der Waals surface area (Å²) >= 11 is 0.268. The third kappa shape index (κ3) is 3.27. The summed E-state index contributed by atoms with van der Waals surface area (Å²) in [5.74, 6) is 1.92. The first-order valence-electron chi connectivity index (χ1n) is 6.22. The van der Waals surface area contributed by atoms with Gasteiger partial charge in [-0.2, -0.15) is 0 Å². The van der Waals surface area contributed by atoms with Crippen molar-refractivity contribution in [2.75, 3.05) is 0 Å². The van der Waals surface area contributed by atoms with E-state index in [2.05, 4.69) is 27.2 Å². The normalized spacial score (nSPS) is 30.9. The lowest BCUT2D eigenvalue weighted by atomic mass is 9.77. The van der Waals surface area contributed by atoms with Gasteiger partial charge in [-0.3, -0.25) is 0 Å². The Labute approximate surface area is 104 Å². The van der Waals surface area contributed by atoms with Crippen LogP contribution >= 0.6 is 20.7 Å². The van der Waals surface area contributed by atoms with Crippen molar-refractivity contribution in [2.24, 2.45) is 11.8 Å². The Hall–Kier alpha value is 0.0800. The maximum atomic E-state index is 2.41. The SMILES string of the molecule is CCCC1CCC(C2=CC=IC=C2)CC1. The fourth-order valence-electron chi connectivity index (χ4n) is 2.78. The van der Waals surface area contributed by atoms with Gasteiger partial charge in [0.15, 0.2) is 0 Å². The molecule has 1 heteroatoms. The molecule has 1 heterocycles. The molecule has 2 aliphatic rings. The second-order valence-corrected chi connectivity index (χ2v) is 6.88. The summed E-state index contributed by atoms with van der Waals surface area (Å²) in [6.07, 6.45) is 13.4. The molecule has 0 radical (unpaired) electrons. The second-order valence-electron chi connectivity index (χ2n) is 4.72. The maximum absolute atomic E-state index is 2.41. The largest absolute Gasteiger partial charge is 0.0937 e. The third-order valence-electron chi connectivity index (χ3n) is 3.67. The van der Waals surface area contributed by atoms with Crippen molar-refractivity contribution in [1.29, 1.82) is 0 Å². The van der Waals surface area contributed by atoms with Crippen molar-refractivity contribution in [3.63, 3.8) is 0 Å². The smallest absolute Gasteiger partial charge is 0.0161 e. The van der Waals surface area contributed by atoms with E-state index in [-0.39, 0.29) is 20.7 Å². The number of hydrogen-bond acceptors (Lipinski definition) is 0. The van der Waals surface area contributed by atoms with E-state index in [0.29, 0.717) is 0 Å². The van der Waals surface area contributed by atoms with Gasteiger partial charge in [-0.25, -0.2) is 0 Å². The van der Waals surface area contributed by atoms with Gasteiger partial charge >= 0.3 is 0 Å². The van der Waals surface area contributed by atoms with Crippen molar-refractivity contribution in [1.82, 2.24) is 0 Å². The van der Waals surface area contributed by atoms with Crippen molar-refractivity contribution in [3.8, 4) is 0 Å². The van der Waals surface area contributed by atoms with Crippen LogP contribution in [0.5, 0.6) is 0 Å². The quantitative estimate of drug-likeness (QED) is 0.655. The molecule has 0 N–H and O–H groups in total. The van der Waals surface area contributed by atoms with E-state index in [1.54, 1.807) is 5.57 Å². The van der Waals surface area contributed by atoms with Gasteiger partial charge in [-0.15, -0.1) is 0 Å². The third-order valence-corrected chi connectivity index (χ3v) is 5.22. The number of rotatable bonds is 3. The summed E-state index contributed by atoms with van der Waals surface area (Å²) in [7, 11) is 0. The van der Waals surface area contributed by atoms with E-state index in [9.17, 15) is 0 Å². The lowest BCUT2D eigenvalue weighted by Gasteiger charge is -2.29. The fourth-order valence-corrected chi connectivity index (χ4v) is 4.27. The molecule has 1 fully saturated rings. The molecular weight excluding hydrogens is 295 g/mol. The molecule has 0 aromatic carbocycles. The molecule has 0 nitrogen and oxygen atoms in total. The van der Waals surface area contributed by atoms with Gasteiger partial charge in [0.2, 0.25) is 0 Å². The molecule has 0 unspecified atom stereocenters. The molecule has 1 aliphatic carbocycles. The highest BCUT2D eigenvalue weighted by Gasteiger charge is 2.22. The average Bonchev–Trinajstić information content (AvgIpc) is 2.32. The number of hydrogen-bond donors (Lipinski definition) is 0. The topological polar surface area (TPSA) is 0 Å². The summed E-state index contributed by atoms with van der Waals surface area (Å²) in [6.45, 7) is 2.32. The van der Waals surface area contributed by atoms with Crippen molar-refractivity contribution in [2.45, 2.75) is 45.4 Å². The molecule has 84 valence electrons. The Morgan fingerprint density at radius 2 is 2.07 bits per heavy atom. The first-order chi connectivity index (χ1) is 7.40. The van der Waals surface area contributed by atoms with Crippen molar-refractivity contribution >= 4 is 24.7 Å². The molecule has 2 rings (SSSR count). The Morgan fingerprint density at radius 1 is 1.27 bits per heavy atom. The van der Waals surface area contributed by atoms with Gasteiger partial charge in [-0.1, -0.05) is 52.6 Å². The fraction of sp³-hybridized carbons (Fsp3) is 0.643. The first-order valence-corrected chi connectivity index (χ1v) is 8.71. The summed E-state index contributed by atoms with van der Waals surface area (Å²) < 4.78 is 4.82. The van der Waals surface area contributed by atoms with E-state index in [1.807, 2.05) is 0 Å². The van der Waals surface area contributed by atoms with Crippen LogP contribution in [0.1, 0.15) is 45.4 Å². The highest BCUT2D eigenvalue weighted by atomic mass is 127. The van der Waals surface area contributed by atoms with E-state index in [0.717, 1.165) is 11.8 Å². The highest BCUT2D eigenvalue weighted by Crippen LogP contribution is 2.36. The van der Waals surface area contributed by atoms with Crippen LogP contribution in [0.3, 0.4) is 0 Å². The molecule has 0 saturated heterocycles. The summed E-state index contributed by atoms with van der Waals surface area (Å²) in [5.41, 5.74) is 1.62. The Kier molecular flexibility index (Phi) is 4.61. The Morgan fingerprint density at radius 3 is 2.67 bits per heavy atom. The summed E-state index contributed by atoms with van der Waals surface area (Å²) in [5, 5.41) is 0. The number of halogens is 1. The molecule has 0 aromatic heterocycles. The van der Waals surface area contributed by atoms with Crippen molar-refractivity contribution in [3.05, 3.63) is 21.8 Å².